The number of benzene rings is 9. The highest BCUT2D eigenvalue weighted by atomic mass is 16.3. The molecule has 0 radical (unpaired) electrons. The molecule has 0 amide bonds. The number of hydrogen-bond acceptors (Lipinski definition) is 4. The van der Waals surface area contributed by atoms with E-state index in [-0.39, 0.29) is 0 Å². The second-order valence-electron chi connectivity index (χ2n) is 15.5. The number of aromatic nitrogens is 3. The zero-order chi connectivity index (χ0) is 42.1. The normalized spacial score (nSPS) is 11.2. The van der Waals surface area contributed by atoms with Gasteiger partial charge in [0.15, 0.2) is 23.2 Å². The number of nitrogens with zero attached hydrogens (tertiary/aromatic N) is 4. The third kappa shape index (κ3) is 7.22. The monoisotopic (exact) mass is 804 g/mol. The van der Waals surface area contributed by atoms with Gasteiger partial charge in [-0.3, -0.25) is 0 Å². The predicted molar refractivity (Wildman–Crippen MR) is 257 cm³/mol. The Morgan fingerprint density at radius 2 is 0.762 bits per heavy atom. The third-order valence-corrected chi connectivity index (χ3v) is 11.6. The first-order valence-electron chi connectivity index (χ1n) is 20.9. The van der Waals surface area contributed by atoms with Gasteiger partial charge in [0.2, 0.25) is 0 Å². The molecule has 0 saturated heterocycles. The Kier molecular flexibility index (Phi) is 9.50. The molecule has 0 aliphatic heterocycles. The van der Waals surface area contributed by atoms with Gasteiger partial charge in [-0.15, -0.1) is 0 Å². The lowest BCUT2D eigenvalue weighted by Gasteiger charge is -2.13. The van der Waals surface area contributed by atoms with Crippen molar-refractivity contribution in [2.75, 3.05) is 0 Å². The number of fused-ring (bicyclic) bond motifs is 3. The van der Waals surface area contributed by atoms with Crippen LogP contribution in [0, 0.1) is 6.57 Å². The minimum absolute atomic E-state index is 0.521. The molecule has 63 heavy (non-hydrogen) atoms. The smallest absolute Gasteiger partial charge is 0.194 e. The molecule has 0 aliphatic carbocycles. The van der Waals surface area contributed by atoms with Crippen LogP contribution in [0.15, 0.2) is 223 Å². The summed E-state index contributed by atoms with van der Waals surface area (Å²) in [6, 6.07) is 74.7. The summed E-state index contributed by atoms with van der Waals surface area (Å²) in [7, 11) is 0. The Hall–Kier alpha value is -8.72. The molecule has 2 aromatic heterocycles. The number of para-hydroxylation sites is 1. The molecular formula is C58H36N4O. The van der Waals surface area contributed by atoms with Crippen molar-refractivity contribution in [1.29, 1.82) is 0 Å². The maximum Gasteiger partial charge on any atom is 0.194 e. The van der Waals surface area contributed by atoms with E-state index in [9.17, 15) is 0 Å². The summed E-state index contributed by atoms with van der Waals surface area (Å²) in [6.07, 6.45) is 0. The number of furan rings is 1. The predicted octanol–water partition coefficient (Wildman–Crippen LogP) is 15.7. The van der Waals surface area contributed by atoms with E-state index >= 15 is 0 Å². The van der Waals surface area contributed by atoms with Crippen LogP contribution in [-0.4, -0.2) is 15.0 Å². The molecule has 0 unspecified atom stereocenters. The van der Waals surface area contributed by atoms with E-state index in [4.69, 9.17) is 25.9 Å². The van der Waals surface area contributed by atoms with Gasteiger partial charge in [0.05, 0.1) is 6.57 Å². The number of rotatable bonds is 8. The Morgan fingerprint density at radius 3 is 1.41 bits per heavy atom. The highest BCUT2D eigenvalue weighted by Gasteiger charge is 2.19. The summed E-state index contributed by atoms with van der Waals surface area (Å²) >= 11 is 0. The van der Waals surface area contributed by atoms with Crippen molar-refractivity contribution in [2.45, 2.75) is 0 Å². The quantitative estimate of drug-likeness (QED) is 0.144. The topological polar surface area (TPSA) is 56.2 Å². The van der Waals surface area contributed by atoms with Gasteiger partial charge in [-0.1, -0.05) is 176 Å². The first-order valence-corrected chi connectivity index (χ1v) is 20.9. The van der Waals surface area contributed by atoms with Crippen molar-refractivity contribution >= 4 is 27.6 Å². The molecular weight excluding hydrogens is 769 g/mol. The highest BCUT2D eigenvalue weighted by Crippen LogP contribution is 2.40. The standard InChI is InChI=1S/C58H36N4O/c1-59-52-25-12-11-23-49(52)43-21-13-22-44(33-43)56-60-57(62-58(61-56)48-35-46(39-17-7-3-8-18-39)34-47(36-48)40-19-9-4-10-20-40)45-31-32-51-54(37-45)63-53-26-14-24-50(55(51)53)42-29-27-41(28-30-42)38-15-5-2-6-16-38/h2-37H. The van der Waals surface area contributed by atoms with Gasteiger partial charge in [0.1, 0.15) is 11.2 Å². The van der Waals surface area contributed by atoms with Crippen LogP contribution in [0.3, 0.4) is 0 Å². The zero-order valence-corrected chi connectivity index (χ0v) is 34.0. The largest absolute Gasteiger partial charge is 0.456 e. The van der Waals surface area contributed by atoms with Gasteiger partial charge < -0.3 is 4.42 Å². The molecule has 5 nitrogen and oxygen atoms in total. The Balaban J connectivity index is 1.07. The Bertz CT molecular complexity index is 3440. The SMILES string of the molecule is [C-]#[N+]c1ccccc1-c1cccc(-c2nc(-c3cc(-c4ccccc4)cc(-c4ccccc4)c3)nc(-c3ccc4c(c3)oc3cccc(-c5ccc(-c6ccccc6)cc5)c34)n2)c1. The van der Waals surface area contributed by atoms with Crippen LogP contribution in [0.2, 0.25) is 0 Å². The second kappa shape index (κ2) is 16.0. The Labute approximate surface area is 365 Å². The average molecular weight is 805 g/mol. The van der Waals surface area contributed by atoms with Gasteiger partial charge >= 0.3 is 0 Å². The summed E-state index contributed by atoms with van der Waals surface area (Å²) in [5, 5.41) is 2.08. The lowest BCUT2D eigenvalue weighted by molar-refractivity contribution is 0.669. The third-order valence-electron chi connectivity index (χ3n) is 11.6. The van der Waals surface area contributed by atoms with Crippen LogP contribution in [0.5, 0.6) is 0 Å². The first-order chi connectivity index (χ1) is 31.1. The maximum atomic E-state index is 7.83. The molecule has 0 saturated carbocycles. The van der Waals surface area contributed by atoms with Crippen LogP contribution < -0.4 is 0 Å². The van der Waals surface area contributed by atoms with Crippen LogP contribution in [0.1, 0.15) is 0 Å². The lowest BCUT2D eigenvalue weighted by atomic mass is 9.95. The maximum absolute atomic E-state index is 7.83. The molecule has 2 heterocycles. The number of hydrogen-bond donors (Lipinski definition) is 0. The molecule has 11 rings (SSSR count). The molecule has 0 fully saturated rings. The van der Waals surface area contributed by atoms with E-state index in [1.807, 2.05) is 72.8 Å². The average Bonchev–Trinajstić information content (AvgIpc) is 3.75. The van der Waals surface area contributed by atoms with Crippen molar-refractivity contribution in [2.24, 2.45) is 0 Å². The van der Waals surface area contributed by atoms with Crippen LogP contribution in [0.4, 0.5) is 5.69 Å². The van der Waals surface area contributed by atoms with Crippen molar-refractivity contribution in [3.63, 3.8) is 0 Å². The molecule has 0 spiro atoms. The van der Waals surface area contributed by atoms with E-state index in [1.54, 1.807) is 0 Å². The lowest BCUT2D eigenvalue weighted by Crippen LogP contribution is -2.01. The van der Waals surface area contributed by atoms with Crippen LogP contribution >= 0.6 is 0 Å². The van der Waals surface area contributed by atoms with E-state index in [0.29, 0.717) is 23.2 Å². The minimum atomic E-state index is 0.521. The van der Waals surface area contributed by atoms with E-state index in [0.717, 1.165) is 83.1 Å². The minimum Gasteiger partial charge on any atom is -0.456 e. The van der Waals surface area contributed by atoms with Crippen molar-refractivity contribution in [3.8, 4) is 89.8 Å². The zero-order valence-electron chi connectivity index (χ0n) is 34.0. The fourth-order valence-electron chi connectivity index (χ4n) is 8.43. The summed E-state index contributed by atoms with van der Waals surface area (Å²) in [6.45, 7) is 7.83. The summed E-state index contributed by atoms with van der Waals surface area (Å²) < 4.78 is 6.62. The van der Waals surface area contributed by atoms with Crippen LogP contribution in [0.25, 0.3) is 117 Å². The first kappa shape index (κ1) is 37.3. The molecule has 9 aromatic carbocycles. The second-order valence-corrected chi connectivity index (χ2v) is 15.5. The van der Waals surface area contributed by atoms with Crippen molar-refractivity contribution < 1.29 is 4.42 Å². The van der Waals surface area contributed by atoms with Gasteiger partial charge in [-0.2, -0.15) is 0 Å². The molecule has 0 bridgehead atoms. The molecule has 0 aliphatic rings. The summed E-state index contributed by atoms with van der Waals surface area (Å²) in [5.74, 6) is 1.59. The van der Waals surface area contributed by atoms with E-state index in [2.05, 4.69) is 150 Å². The van der Waals surface area contributed by atoms with Crippen LogP contribution in [-0.2, 0) is 0 Å². The summed E-state index contributed by atoms with van der Waals surface area (Å²) in [5.41, 5.74) is 15.3. The van der Waals surface area contributed by atoms with Crippen molar-refractivity contribution in [3.05, 3.63) is 230 Å². The Morgan fingerprint density at radius 1 is 0.317 bits per heavy atom. The fraction of sp³-hybridized carbons (Fsp3) is 0. The molecule has 294 valence electrons. The van der Waals surface area contributed by atoms with Crippen molar-refractivity contribution in [1.82, 2.24) is 15.0 Å². The van der Waals surface area contributed by atoms with Gasteiger partial charge in [0.25, 0.3) is 0 Å². The highest BCUT2D eigenvalue weighted by molar-refractivity contribution is 6.13. The fourth-order valence-corrected chi connectivity index (χ4v) is 8.43. The molecule has 5 heteroatoms. The van der Waals surface area contributed by atoms with Gasteiger partial charge in [0, 0.05) is 27.5 Å². The van der Waals surface area contributed by atoms with E-state index in [1.165, 1.54) is 11.1 Å². The van der Waals surface area contributed by atoms with E-state index < -0.39 is 0 Å². The molecule has 0 N–H and O–H groups in total. The van der Waals surface area contributed by atoms with Gasteiger partial charge in [-0.25, -0.2) is 19.8 Å². The molecule has 0 atom stereocenters. The van der Waals surface area contributed by atoms with Gasteiger partial charge in [-0.05, 0) is 98.1 Å². The summed E-state index contributed by atoms with van der Waals surface area (Å²) in [4.78, 5) is 19.4. The molecule has 11 aromatic rings.